The molecular formula is C22H26N4O3S. The van der Waals surface area contributed by atoms with E-state index in [9.17, 15) is 4.79 Å². The summed E-state index contributed by atoms with van der Waals surface area (Å²) in [7, 11) is 0. The van der Waals surface area contributed by atoms with Gasteiger partial charge in [0.25, 0.3) is 5.91 Å². The highest BCUT2D eigenvalue weighted by Gasteiger charge is 2.15. The van der Waals surface area contributed by atoms with Gasteiger partial charge in [-0.2, -0.15) is 0 Å². The standard InChI is InChI=1S/C22H26N4O3S/c1-15-20(16(2)29-25-15)13-28-19-8-6-7-17(11-19)21(27)24-22-23-18(14-30-22)12-26-9-4-3-5-10-26/h6-8,11,14H,3-5,9-10,12-13H2,1-2H3,(H,23,24,27). The predicted molar refractivity (Wildman–Crippen MR) is 116 cm³/mol. The van der Waals surface area contributed by atoms with Crippen molar-refractivity contribution < 1.29 is 14.1 Å². The fraction of sp³-hybridized carbons (Fsp3) is 0.409. The minimum Gasteiger partial charge on any atom is -0.489 e. The van der Waals surface area contributed by atoms with Crippen molar-refractivity contribution in [1.29, 1.82) is 0 Å². The van der Waals surface area contributed by atoms with Crippen LogP contribution in [0.4, 0.5) is 5.13 Å². The number of anilines is 1. The number of carbonyl (C=O) groups is 1. The first-order chi connectivity index (χ1) is 14.6. The van der Waals surface area contributed by atoms with Crippen molar-refractivity contribution in [3.8, 4) is 5.75 Å². The maximum Gasteiger partial charge on any atom is 0.257 e. The SMILES string of the molecule is Cc1noc(C)c1COc1cccc(C(=O)Nc2nc(CN3CCCCC3)cs2)c1. The van der Waals surface area contributed by atoms with Gasteiger partial charge in [0, 0.05) is 17.5 Å². The third-order valence-corrected chi connectivity index (χ3v) is 6.07. The van der Waals surface area contributed by atoms with Gasteiger partial charge in [-0.25, -0.2) is 4.98 Å². The zero-order valence-electron chi connectivity index (χ0n) is 17.3. The topological polar surface area (TPSA) is 80.5 Å². The second-order valence-electron chi connectivity index (χ2n) is 7.55. The average Bonchev–Trinajstić information content (AvgIpc) is 3.33. The molecule has 0 spiro atoms. The summed E-state index contributed by atoms with van der Waals surface area (Å²) in [6, 6.07) is 7.13. The van der Waals surface area contributed by atoms with Crippen molar-refractivity contribution in [1.82, 2.24) is 15.0 Å². The van der Waals surface area contributed by atoms with Crippen LogP contribution in [0.1, 0.15) is 52.3 Å². The van der Waals surface area contributed by atoms with Gasteiger partial charge in [-0.1, -0.05) is 17.6 Å². The number of piperidine rings is 1. The van der Waals surface area contributed by atoms with Crippen molar-refractivity contribution in [2.75, 3.05) is 18.4 Å². The lowest BCUT2D eigenvalue weighted by molar-refractivity contribution is 0.102. The molecule has 3 heterocycles. The minimum absolute atomic E-state index is 0.198. The lowest BCUT2D eigenvalue weighted by atomic mass is 10.1. The van der Waals surface area contributed by atoms with E-state index in [1.54, 1.807) is 18.2 Å². The molecule has 1 aliphatic heterocycles. The van der Waals surface area contributed by atoms with Crippen LogP contribution in [0.25, 0.3) is 0 Å². The fourth-order valence-electron chi connectivity index (χ4n) is 3.54. The summed E-state index contributed by atoms with van der Waals surface area (Å²) in [6.07, 6.45) is 3.82. The number of nitrogens with one attached hydrogen (secondary N) is 1. The van der Waals surface area contributed by atoms with Gasteiger partial charge < -0.3 is 9.26 Å². The van der Waals surface area contributed by atoms with E-state index in [-0.39, 0.29) is 5.91 Å². The molecule has 0 saturated carbocycles. The fourth-order valence-corrected chi connectivity index (χ4v) is 4.24. The van der Waals surface area contributed by atoms with E-state index in [1.165, 1.54) is 30.6 Å². The van der Waals surface area contributed by atoms with Crippen molar-refractivity contribution in [3.63, 3.8) is 0 Å². The van der Waals surface area contributed by atoms with Crippen molar-refractivity contribution in [2.24, 2.45) is 0 Å². The number of carbonyl (C=O) groups excluding carboxylic acids is 1. The molecule has 1 amide bonds. The average molecular weight is 427 g/mol. The van der Waals surface area contributed by atoms with Gasteiger partial charge in [-0.05, 0) is 58.0 Å². The Bertz CT molecular complexity index is 988. The second kappa shape index (κ2) is 9.40. The Labute approximate surface area is 180 Å². The maximum absolute atomic E-state index is 12.7. The van der Waals surface area contributed by atoms with Gasteiger partial charge in [-0.15, -0.1) is 11.3 Å². The van der Waals surface area contributed by atoms with E-state index in [4.69, 9.17) is 9.26 Å². The molecule has 158 valence electrons. The first-order valence-electron chi connectivity index (χ1n) is 10.2. The molecule has 0 atom stereocenters. The Hall–Kier alpha value is -2.71. The third kappa shape index (κ3) is 5.06. The Kier molecular flexibility index (Phi) is 6.44. The largest absolute Gasteiger partial charge is 0.489 e. The summed E-state index contributed by atoms with van der Waals surface area (Å²) < 4.78 is 11.0. The molecule has 4 rings (SSSR count). The summed E-state index contributed by atoms with van der Waals surface area (Å²) in [4.78, 5) is 19.7. The van der Waals surface area contributed by atoms with E-state index in [2.05, 4.69) is 20.4 Å². The molecular weight excluding hydrogens is 400 g/mol. The van der Waals surface area contributed by atoms with Crippen LogP contribution in [-0.2, 0) is 13.2 Å². The van der Waals surface area contributed by atoms with Crippen molar-refractivity contribution in [2.45, 2.75) is 46.3 Å². The highest BCUT2D eigenvalue weighted by Crippen LogP contribution is 2.22. The lowest BCUT2D eigenvalue weighted by Gasteiger charge is -2.25. The molecule has 1 saturated heterocycles. The Balaban J connectivity index is 1.35. The molecule has 1 aliphatic rings. The number of thiazole rings is 1. The molecule has 8 heteroatoms. The summed E-state index contributed by atoms with van der Waals surface area (Å²) in [5.41, 5.74) is 3.27. The van der Waals surface area contributed by atoms with E-state index in [0.29, 0.717) is 23.1 Å². The van der Waals surface area contributed by atoms with Gasteiger partial charge in [0.15, 0.2) is 5.13 Å². The van der Waals surface area contributed by atoms with E-state index >= 15 is 0 Å². The number of nitrogens with zero attached hydrogens (tertiary/aromatic N) is 3. The van der Waals surface area contributed by atoms with E-state index < -0.39 is 0 Å². The quantitative estimate of drug-likeness (QED) is 0.596. The molecule has 0 aliphatic carbocycles. The van der Waals surface area contributed by atoms with Gasteiger partial charge in [0.1, 0.15) is 18.1 Å². The summed E-state index contributed by atoms with van der Waals surface area (Å²) in [6.45, 7) is 7.18. The van der Waals surface area contributed by atoms with E-state index in [0.717, 1.165) is 42.3 Å². The number of rotatable bonds is 7. The number of hydrogen-bond donors (Lipinski definition) is 1. The van der Waals surface area contributed by atoms with Crippen molar-refractivity contribution >= 4 is 22.4 Å². The highest BCUT2D eigenvalue weighted by atomic mass is 32.1. The maximum atomic E-state index is 12.7. The molecule has 3 aromatic rings. The Morgan fingerprint density at radius 2 is 2.10 bits per heavy atom. The third-order valence-electron chi connectivity index (χ3n) is 5.27. The van der Waals surface area contributed by atoms with Crippen LogP contribution in [0, 0.1) is 13.8 Å². The molecule has 30 heavy (non-hydrogen) atoms. The summed E-state index contributed by atoms with van der Waals surface area (Å²) in [5.74, 6) is 1.16. The molecule has 1 fully saturated rings. The molecule has 0 bridgehead atoms. The van der Waals surface area contributed by atoms with Gasteiger partial charge in [-0.3, -0.25) is 15.0 Å². The minimum atomic E-state index is -0.198. The normalized spacial score (nSPS) is 14.6. The first kappa shape index (κ1) is 20.6. The van der Waals surface area contributed by atoms with E-state index in [1.807, 2.05) is 25.3 Å². The van der Waals surface area contributed by atoms with Crippen LogP contribution in [-0.4, -0.2) is 34.0 Å². The predicted octanol–water partition coefficient (Wildman–Crippen LogP) is 4.57. The van der Waals surface area contributed by atoms with Crippen molar-refractivity contribution in [3.05, 3.63) is 57.9 Å². The summed E-state index contributed by atoms with van der Waals surface area (Å²) >= 11 is 1.46. The van der Waals surface area contributed by atoms with Crippen LogP contribution < -0.4 is 10.1 Å². The lowest BCUT2D eigenvalue weighted by Crippen LogP contribution is -2.29. The number of aromatic nitrogens is 2. The van der Waals surface area contributed by atoms with Crippen LogP contribution >= 0.6 is 11.3 Å². The summed E-state index contributed by atoms with van der Waals surface area (Å²) in [5, 5.41) is 9.47. The van der Waals surface area contributed by atoms with Gasteiger partial charge >= 0.3 is 0 Å². The van der Waals surface area contributed by atoms with Crippen LogP contribution in [0.2, 0.25) is 0 Å². The Morgan fingerprint density at radius 3 is 2.87 bits per heavy atom. The molecule has 7 nitrogen and oxygen atoms in total. The number of ether oxygens (including phenoxy) is 1. The number of hydrogen-bond acceptors (Lipinski definition) is 7. The first-order valence-corrected chi connectivity index (χ1v) is 11.1. The molecule has 1 N–H and O–H groups in total. The highest BCUT2D eigenvalue weighted by molar-refractivity contribution is 7.13. The smallest absolute Gasteiger partial charge is 0.257 e. The monoisotopic (exact) mass is 426 g/mol. The Morgan fingerprint density at radius 1 is 1.27 bits per heavy atom. The van der Waals surface area contributed by atoms with Crippen LogP contribution in [0.3, 0.4) is 0 Å². The number of amides is 1. The molecule has 2 aromatic heterocycles. The molecule has 0 radical (unpaired) electrons. The number of aryl methyl sites for hydroxylation is 2. The molecule has 0 unspecified atom stereocenters. The van der Waals surface area contributed by atoms with Gasteiger partial charge in [0.05, 0.1) is 17.0 Å². The zero-order valence-corrected chi connectivity index (χ0v) is 18.1. The number of benzene rings is 1. The zero-order chi connectivity index (χ0) is 20.9. The second-order valence-corrected chi connectivity index (χ2v) is 8.41. The van der Waals surface area contributed by atoms with Gasteiger partial charge in [0.2, 0.25) is 0 Å². The van der Waals surface area contributed by atoms with Crippen LogP contribution in [0.5, 0.6) is 5.75 Å². The number of likely N-dealkylation sites (tertiary alicyclic amines) is 1. The van der Waals surface area contributed by atoms with Crippen LogP contribution in [0.15, 0.2) is 34.2 Å². The molecule has 1 aromatic carbocycles.